The van der Waals surface area contributed by atoms with E-state index < -0.39 is 0 Å². The number of ether oxygens (including phenoxy) is 1. The van der Waals surface area contributed by atoms with Crippen molar-refractivity contribution in [3.8, 4) is 0 Å². The summed E-state index contributed by atoms with van der Waals surface area (Å²) in [5.74, 6) is 1.16. The van der Waals surface area contributed by atoms with E-state index in [0.29, 0.717) is 23.1 Å². The summed E-state index contributed by atoms with van der Waals surface area (Å²) in [5, 5.41) is 3.15. The number of carbonyl (C=O) groups is 1. The first-order valence-corrected chi connectivity index (χ1v) is 10.5. The zero-order chi connectivity index (χ0) is 19.7. The summed E-state index contributed by atoms with van der Waals surface area (Å²) < 4.78 is 11.6. The van der Waals surface area contributed by atoms with Gasteiger partial charge in [-0.2, -0.15) is 0 Å². The van der Waals surface area contributed by atoms with Gasteiger partial charge in [0.05, 0.1) is 12.1 Å². The number of likely N-dealkylation sites (tertiary alicyclic amines) is 1. The van der Waals surface area contributed by atoms with Crippen LogP contribution in [-0.4, -0.2) is 54.2 Å². The molecule has 0 bridgehead atoms. The molecule has 28 heavy (non-hydrogen) atoms. The maximum atomic E-state index is 12.8. The van der Waals surface area contributed by atoms with Crippen molar-refractivity contribution >= 4 is 17.0 Å². The van der Waals surface area contributed by atoms with Crippen LogP contribution in [0.3, 0.4) is 0 Å². The van der Waals surface area contributed by atoms with Crippen LogP contribution in [0.25, 0.3) is 11.1 Å². The quantitative estimate of drug-likeness (QED) is 0.850. The van der Waals surface area contributed by atoms with Gasteiger partial charge in [0.25, 0.3) is 5.91 Å². The number of benzene rings is 1. The molecule has 1 saturated heterocycles. The number of carbonyl (C=O) groups excluding carboxylic acids is 1. The van der Waals surface area contributed by atoms with E-state index in [0.717, 1.165) is 37.3 Å². The highest BCUT2D eigenvalue weighted by Crippen LogP contribution is 2.33. The van der Waals surface area contributed by atoms with Crippen LogP contribution in [0, 0.1) is 0 Å². The Hall–Kier alpha value is -1.92. The number of oxazole rings is 1. The molecule has 1 aromatic carbocycles. The molecule has 6 nitrogen and oxygen atoms in total. The number of amides is 1. The van der Waals surface area contributed by atoms with Crippen LogP contribution in [-0.2, 0) is 4.74 Å². The van der Waals surface area contributed by atoms with E-state index >= 15 is 0 Å². The highest BCUT2D eigenvalue weighted by Gasteiger charge is 2.35. The van der Waals surface area contributed by atoms with Crippen molar-refractivity contribution in [1.29, 1.82) is 0 Å². The van der Waals surface area contributed by atoms with Gasteiger partial charge in [0.2, 0.25) is 0 Å². The van der Waals surface area contributed by atoms with E-state index in [1.165, 1.54) is 19.3 Å². The van der Waals surface area contributed by atoms with Crippen molar-refractivity contribution < 1.29 is 13.9 Å². The molecule has 4 rings (SSSR count). The summed E-state index contributed by atoms with van der Waals surface area (Å²) in [5.41, 5.74) is 2.14. The topological polar surface area (TPSA) is 67.6 Å². The first kappa shape index (κ1) is 19.4. The van der Waals surface area contributed by atoms with Crippen LogP contribution in [0.15, 0.2) is 22.6 Å². The van der Waals surface area contributed by atoms with E-state index in [2.05, 4.69) is 29.0 Å². The summed E-state index contributed by atoms with van der Waals surface area (Å²) in [4.78, 5) is 19.8. The fraction of sp³-hybridized carbons (Fsp3) is 0.636. The second-order valence-corrected chi connectivity index (χ2v) is 8.47. The normalized spacial score (nSPS) is 24.3. The fourth-order valence-electron chi connectivity index (χ4n) is 4.46. The summed E-state index contributed by atoms with van der Waals surface area (Å²) in [7, 11) is 1.71. The average Bonchev–Trinajstić information content (AvgIpc) is 3.32. The molecule has 2 fully saturated rings. The first-order valence-electron chi connectivity index (χ1n) is 10.5. The van der Waals surface area contributed by atoms with Gasteiger partial charge in [0.1, 0.15) is 5.52 Å². The molecule has 1 aliphatic heterocycles. The number of rotatable bonds is 5. The highest BCUT2D eigenvalue weighted by atomic mass is 16.5. The van der Waals surface area contributed by atoms with Crippen molar-refractivity contribution in [2.24, 2.45) is 0 Å². The lowest BCUT2D eigenvalue weighted by Gasteiger charge is -2.20. The molecule has 152 valence electrons. The largest absolute Gasteiger partial charge is 0.440 e. The van der Waals surface area contributed by atoms with E-state index in [4.69, 9.17) is 9.15 Å². The zero-order valence-electron chi connectivity index (χ0n) is 17.1. The standard InChI is InChI=1S/C22H31N3O3/c1-14(2)25-12-18(20(13-25)27-3)23-21(26)16-9-10-17-19(11-16)28-22(24-17)15-7-5-4-6-8-15/h9-11,14-15,18,20H,4-8,12-13H2,1-3H3,(H,23,26)/t18-,20-/m1/s1. The third-order valence-electron chi connectivity index (χ3n) is 6.27. The average molecular weight is 386 g/mol. The van der Waals surface area contributed by atoms with Crippen LogP contribution in [0.2, 0.25) is 0 Å². The molecular weight excluding hydrogens is 354 g/mol. The fourth-order valence-corrected chi connectivity index (χ4v) is 4.46. The minimum Gasteiger partial charge on any atom is -0.440 e. The maximum Gasteiger partial charge on any atom is 0.251 e. The number of methoxy groups -OCH3 is 1. The van der Waals surface area contributed by atoms with Gasteiger partial charge in [-0.3, -0.25) is 9.69 Å². The minimum atomic E-state index is -0.0878. The Morgan fingerprint density at radius 3 is 2.75 bits per heavy atom. The summed E-state index contributed by atoms with van der Waals surface area (Å²) >= 11 is 0. The Morgan fingerprint density at radius 2 is 2.04 bits per heavy atom. The lowest BCUT2D eigenvalue weighted by Crippen LogP contribution is -2.43. The van der Waals surface area contributed by atoms with Crippen molar-refractivity contribution in [2.75, 3.05) is 20.2 Å². The molecule has 2 aromatic rings. The number of nitrogens with zero attached hydrogens (tertiary/aromatic N) is 2. The summed E-state index contributed by atoms with van der Waals surface area (Å²) in [6, 6.07) is 5.97. The van der Waals surface area contributed by atoms with E-state index in [-0.39, 0.29) is 18.1 Å². The van der Waals surface area contributed by atoms with Crippen molar-refractivity contribution in [2.45, 2.75) is 70.1 Å². The third kappa shape index (κ3) is 3.94. The molecule has 1 aromatic heterocycles. The molecular formula is C22H31N3O3. The number of hydrogen-bond donors (Lipinski definition) is 1. The van der Waals surface area contributed by atoms with Gasteiger partial charge < -0.3 is 14.5 Å². The molecule has 1 saturated carbocycles. The third-order valence-corrected chi connectivity index (χ3v) is 6.27. The Kier molecular flexibility index (Phi) is 5.69. The number of fused-ring (bicyclic) bond motifs is 1. The van der Waals surface area contributed by atoms with Gasteiger partial charge in [-0.1, -0.05) is 19.3 Å². The minimum absolute atomic E-state index is 0.0110. The predicted molar refractivity (Wildman–Crippen MR) is 109 cm³/mol. The Morgan fingerprint density at radius 1 is 1.25 bits per heavy atom. The Bertz CT molecular complexity index is 826. The maximum absolute atomic E-state index is 12.8. The number of hydrogen-bond acceptors (Lipinski definition) is 5. The molecule has 2 heterocycles. The number of nitrogens with one attached hydrogen (secondary N) is 1. The van der Waals surface area contributed by atoms with Crippen LogP contribution in [0.1, 0.15) is 68.1 Å². The monoisotopic (exact) mass is 385 g/mol. The molecule has 1 aliphatic carbocycles. The predicted octanol–water partition coefficient (Wildman–Crippen LogP) is 3.71. The second-order valence-electron chi connectivity index (χ2n) is 8.47. The van der Waals surface area contributed by atoms with Gasteiger partial charge in [0, 0.05) is 37.7 Å². The van der Waals surface area contributed by atoms with Gasteiger partial charge >= 0.3 is 0 Å². The molecule has 6 heteroatoms. The lowest BCUT2D eigenvalue weighted by atomic mass is 9.89. The molecule has 0 spiro atoms. The summed E-state index contributed by atoms with van der Waals surface area (Å²) in [6.45, 7) is 5.97. The molecule has 1 amide bonds. The Balaban J connectivity index is 1.48. The van der Waals surface area contributed by atoms with E-state index in [1.807, 2.05) is 18.2 Å². The van der Waals surface area contributed by atoms with Crippen LogP contribution < -0.4 is 5.32 Å². The van der Waals surface area contributed by atoms with Gasteiger partial charge in [-0.15, -0.1) is 0 Å². The molecule has 2 atom stereocenters. The van der Waals surface area contributed by atoms with Crippen molar-refractivity contribution in [1.82, 2.24) is 15.2 Å². The van der Waals surface area contributed by atoms with Crippen LogP contribution in [0.5, 0.6) is 0 Å². The van der Waals surface area contributed by atoms with E-state index in [9.17, 15) is 4.79 Å². The molecule has 1 N–H and O–H groups in total. The van der Waals surface area contributed by atoms with Crippen LogP contribution >= 0.6 is 0 Å². The molecule has 2 aliphatic rings. The van der Waals surface area contributed by atoms with Crippen molar-refractivity contribution in [3.63, 3.8) is 0 Å². The second kappa shape index (κ2) is 8.21. The number of aromatic nitrogens is 1. The van der Waals surface area contributed by atoms with Gasteiger partial charge in [0.15, 0.2) is 11.5 Å². The SMILES string of the molecule is CO[C@@H]1CN(C(C)C)C[C@H]1NC(=O)c1ccc2nc(C3CCCCC3)oc2c1. The Labute approximate surface area is 166 Å². The summed E-state index contributed by atoms with van der Waals surface area (Å²) in [6.07, 6.45) is 6.09. The molecule has 0 radical (unpaired) electrons. The lowest BCUT2D eigenvalue weighted by molar-refractivity contribution is 0.0753. The van der Waals surface area contributed by atoms with Crippen molar-refractivity contribution in [3.05, 3.63) is 29.7 Å². The zero-order valence-corrected chi connectivity index (χ0v) is 17.1. The smallest absolute Gasteiger partial charge is 0.251 e. The van der Waals surface area contributed by atoms with Gasteiger partial charge in [-0.25, -0.2) is 4.98 Å². The highest BCUT2D eigenvalue weighted by molar-refractivity contribution is 5.97. The van der Waals surface area contributed by atoms with Gasteiger partial charge in [-0.05, 0) is 44.9 Å². The first-order chi connectivity index (χ1) is 13.5. The van der Waals surface area contributed by atoms with E-state index in [1.54, 1.807) is 7.11 Å². The molecule has 0 unspecified atom stereocenters. The van der Waals surface area contributed by atoms with Crippen LogP contribution in [0.4, 0.5) is 0 Å².